The Bertz CT molecular complexity index is 685. The van der Waals surface area contributed by atoms with Gasteiger partial charge in [-0.2, -0.15) is 0 Å². The Morgan fingerprint density at radius 2 is 1.96 bits per heavy atom. The van der Waals surface area contributed by atoms with Gasteiger partial charge in [-0.1, -0.05) is 6.07 Å². The highest BCUT2D eigenvalue weighted by molar-refractivity contribution is 5.92. The number of carbonyl (C=O) groups is 1. The topological polar surface area (TPSA) is 84.4 Å². The summed E-state index contributed by atoms with van der Waals surface area (Å²) in [5.41, 5.74) is 1.32. The Morgan fingerprint density at radius 3 is 2.57 bits per heavy atom. The number of hydrogen-bond acceptors (Lipinski definition) is 6. The van der Waals surface area contributed by atoms with Crippen molar-refractivity contribution in [1.29, 1.82) is 0 Å². The van der Waals surface area contributed by atoms with E-state index < -0.39 is 5.97 Å². The molecule has 0 saturated carbocycles. The van der Waals surface area contributed by atoms with Crippen molar-refractivity contribution in [2.45, 2.75) is 25.9 Å². The Morgan fingerprint density at radius 1 is 1.25 bits per heavy atom. The summed E-state index contributed by atoms with van der Waals surface area (Å²) in [7, 11) is 4.63. The Hall–Kier alpha value is -2.32. The minimum Gasteiger partial charge on any atom is -0.496 e. The maximum absolute atomic E-state index is 11.9. The summed E-state index contributed by atoms with van der Waals surface area (Å²) in [5, 5.41) is 6.67. The molecule has 1 saturated heterocycles. The fourth-order valence-electron chi connectivity index (χ4n) is 3.12. The van der Waals surface area contributed by atoms with E-state index in [0.717, 1.165) is 38.4 Å². The molecule has 1 aromatic carbocycles. The van der Waals surface area contributed by atoms with Gasteiger partial charge < -0.3 is 24.8 Å². The highest BCUT2D eigenvalue weighted by atomic mass is 16.5. The summed E-state index contributed by atoms with van der Waals surface area (Å²) >= 11 is 0. The molecule has 1 heterocycles. The lowest BCUT2D eigenvalue weighted by atomic mass is 10.0. The SMILES string of the molecule is CN=C(NCc1ccc(OC)c(C(=O)OC)c1)NCC(C)(C)N1CCOCC1. The van der Waals surface area contributed by atoms with E-state index in [2.05, 4.69) is 34.4 Å². The van der Waals surface area contributed by atoms with Crippen molar-refractivity contribution in [1.82, 2.24) is 15.5 Å². The zero-order chi connectivity index (χ0) is 20.6. The van der Waals surface area contributed by atoms with Gasteiger partial charge in [-0.15, -0.1) is 0 Å². The van der Waals surface area contributed by atoms with Gasteiger partial charge in [-0.3, -0.25) is 9.89 Å². The lowest BCUT2D eigenvalue weighted by Gasteiger charge is -2.41. The molecular weight excluding hydrogens is 360 g/mol. The quantitative estimate of drug-likeness (QED) is 0.410. The van der Waals surface area contributed by atoms with Crippen LogP contribution in [-0.4, -0.2) is 76.5 Å². The fourth-order valence-corrected chi connectivity index (χ4v) is 3.12. The number of nitrogens with one attached hydrogen (secondary N) is 2. The van der Waals surface area contributed by atoms with Crippen LogP contribution >= 0.6 is 0 Å². The maximum atomic E-state index is 11.9. The zero-order valence-corrected chi connectivity index (χ0v) is 17.5. The van der Waals surface area contributed by atoms with Crippen LogP contribution in [0.15, 0.2) is 23.2 Å². The van der Waals surface area contributed by atoms with Crippen LogP contribution < -0.4 is 15.4 Å². The molecule has 1 aliphatic heterocycles. The molecule has 0 radical (unpaired) electrons. The van der Waals surface area contributed by atoms with Gasteiger partial charge >= 0.3 is 5.97 Å². The van der Waals surface area contributed by atoms with Gasteiger partial charge in [0.2, 0.25) is 0 Å². The van der Waals surface area contributed by atoms with Gasteiger partial charge in [0.1, 0.15) is 11.3 Å². The molecule has 0 aromatic heterocycles. The summed E-state index contributed by atoms with van der Waals surface area (Å²) in [5.74, 6) is 0.774. The number of morpholine rings is 1. The third-order valence-electron chi connectivity index (χ3n) is 4.91. The first-order valence-electron chi connectivity index (χ1n) is 9.44. The van der Waals surface area contributed by atoms with Crippen LogP contribution in [0.1, 0.15) is 29.8 Å². The molecule has 0 aliphatic carbocycles. The predicted molar refractivity (Wildman–Crippen MR) is 109 cm³/mol. The number of benzene rings is 1. The van der Waals surface area contributed by atoms with E-state index in [0.29, 0.717) is 23.8 Å². The summed E-state index contributed by atoms with van der Waals surface area (Å²) in [6.07, 6.45) is 0. The summed E-state index contributed by atoms with van der Waals surface area (Å²) in [6, 6.07) is 5.44. The minimum absolute atomic E-state index is 0.0143. The van der Waals surface area contributed by atoms with E-state index in [4.69, 9.17) is 14.2 Å². The van der Waals surface area contributed by atoms with Gasteiger partial charge in [-0.25, -0.2) is 4.79 Å². The molecule has 0 atom stereocenters. The molecule has 2 rings (SSSR count). The lowest BCUT2D eigenvalue weighted by Crippen LogP contribution is -2.56. The lowest BCUT2D eigenvalue weighted by molar-refractivity contribution is -0.00834. The molecule has 0 bridgehead atoms. The van der Waals surface area contributed by atoms with Crippen molar-refractivity contribution in [2.24, 2.45) is 4.99 Å². The second-order valence-corrected chi connectivity index (χ2v) is 7.22. The maximum Gasteiger partial charge on any atom is 0.341 e. The van der Waals surface area contributed by atoms with E-state index in [1.165, 1.54) is 14.2 Å². The first-order chi connectivity index (χ1) is 13.4. The number of carbonyl (C=O) groups excluding carboxylic acids is 1. The van der Waals surface area contributed by atoms with Gasteiger partial charge in [-0.05, 0) is 31.5 Å². The largest absolute Gasteiger partial charge is 0.496 e. The third-order valence-corrected chi connectivity index (χ3v) is 4.91. The second-order valence-electron chi connectivity index (χ2n) is 7.22. The standard InChI is InChI=1S/C20H32N4O4/c1-20(2,24-8-10-28-11-9-24)14-23-19(21-3)22-13-15-6-7-17(26-4)16(12-15)18(25)27-5/h6-7,12H,8-11,13-14H2,1-5H3,(H2,21,22,23). The third kappa shape index (κ3) is 5.84. The molecule has 0 spiro atoms. The monoisotopic (exact) mass is 392 g/mol. The van der Waals surface area contributed by atoms with Crippen molar-refractivity contribution in [3.63, 3.8) is 0 Å². The first kappa shape index (κ1) is 22.0. The number of methoxy groups -OCH3 is 2. The van der Waals surface area contributed by atoms with Crippen LogP contribution in [0.5, 0.6) is 5.75 Å². The van der Waals surface area contributed by atoms with Crippen molar-refractivity contribution in [3.05, 3.63) is 29.3 Å². The molecule has 2 N–H and O–H groups in total. The Kier molecular flexibility index (Phi) is 8.07. The van der Waals surface area contributed by atoms with Gasteiger partial charge in [0.25, 0.3) is 0 Å². The molecular formula is C20H32N4O4. The fraction of sp³-hybridized carbons (Fsp3) is 0.600. The van der Waals surface area contributed by atoms with Gasteiger partial charge in [0, 0.05) is 38.8 Å². The molecule has 28 heavy (non-hydrogen) atoms. The van der Waals surface area contributed by atoms with Gasteiger partial charge in [0.15, 0.2) is 5.96 Å². The summed E-state index contributed by atoms with van der Waals surface area (Å²) < 4.78 is 15.5. The number of aliphatic imine (C=N–C) groups is 1. The van der Waals surface area contributed by atoms with E-state index in [1.54, 1.807) is 19.2 Å². The van der Waals surface area contributed by atoms with Crippen LogP contribution in [0.4, 0.5) is 0 Å². The van der Waals surface area contributed by atoms with Crippen molar-refractivity contribution < 1.29 is 19.0 Å². The van der Waals surface area contributed by atoms with E-state index >= 15 is 0 Å². The summed E-state index contributed by atoms with van der Waals surface area (Å²) in [4.78, 5) is 18.6. The zero-order valence-electron chi connectivity index (χ0n) is 17.5. The number of rotatable bonds is 7. The molecule has 8 heteroatoms. The number of hydrogen-bond donors (Lipinski definition) is 2. The molecule has 1 aliphatic rings. The van der Waals surface area contributed by atoms with Crippen LogP contribution in [0.3, 0.4) is 0 Å². The number of guanidine groups is 1. The molecule has 156 valence electrons. The average Bonchev–Trinajstić information content (AvgIpc) is 2.73. The second kappa shape index (κ2) is 10.3. The van der Waals surface area contributed by atoms with Crippen LogP contribution in [-0.2, 0) is 16.0 Å². The number of esters is 1. The normalized spacial score (nSPS) is 15.8. The van der Waals surface area contributed by atoms with E-state index in [-0.39, 0.29) is 5.54 Å². The Balaban J connectivity index is 1.94. The molecule has 0 amide bonds. The predicted octanol–water partition coefficient (Wildman–Crippen LogP) is 1.26. The highest BCUT2D eigenvalue weighted by Crippen LogP contribution is 2.21. The highest BCUT2D eigenvalue weighted by Gasteiger charge is 2.28. The van der Waals surface area contributed by atoms with E-state index in [1.807, 2.05) is 6.07 Å². The van der Waals surface area contributed by atoms with Crippen molar-refractivity contribution in [2.75, 3.05) is 54.1 Å². The van der Waals surface area contributed by atoms with E-state index in [9.17, 15) is 4.79 Å². The smallest absolute Gasteiger partial charge is 0.341 e. The van der Waals surface area contributed by atoms with Crippen LogP contribution in [0, 0.1) is 0 Å². The van der Waals surface area contributed by atoms with Crippen LogP contribution in [0.2, 0.25) is 0 Å². The molecule has 8 nitrogen and oxygen atoms in total. The van der Waals surface area contributed by atoms with Gasteiger partial charge in [0.05, 0.1) is 27.4 Å². The number of ether oxygens (including phenoxy) is 3. The number of nitrogens with zero attached hydrogens (tertiary/aromatic N) is 2. The molecule has 0 unspecified atom stereocenters. The van der Waals surface area contributed by atoms with Crippen molar-refractivity contribution in [3.8, 4) is 5.75 Å². The molecule has 1 fully saturated rings. The van der Waals surface area contributed by atoms with Crippen molar-refractivity contribution >= 4 is 11.9 Å². The average molecular weight is 393 g/mol. The molecule has 1 aromatic rings. The Labute approximate surface area is 167 Å². The van der Waals surface area contributed by atoms with Crippen LogP contribution in [0.25, 0.3) is 0 Å². The summed E-state index contributed by atoms with van der Waals surface area (Å²) in [6.45, 7) is 9.11. The minimum atomic E-state index is -0.423. The first-order valence-corrected chi connectivity index (χ1v) is 9.44.